The quantitative estimate of drug-likeness (QED) is 0.892. The summed E-state index contributed by atoms with van der Waals surface area (Å²) >= 11 is 0. The molecule has 1 N–H and O–H groups in total. The lowest BCUT2D eigenvalue weighted by Crippen LogP contribution is -2.24. The van der Waals surface area contributed by atoms with Crippen LogP contribution < -0.4 is 5.32 Å². The van der Waals surface area contributed by atoms with Crippen LogP contribution in [-0.2, 0) is 0 Å². The van der Waals surface area contributed by atoms with Gasteiger partial charge in [-0.2, -0.15) is 0 Å². The Bertz CT molecular complexity index is 463. The molecule has 0 aliphatic heterocycles. The lowest BCUT2D eigenvalue weighted by molar-refractivity contribution is 0.573. The number of aromatic nitrogens is 1. The molecule has 0 bridgehead atoms. The first-order chi connectivity index (χ1) is 9.20. The van der Waals surface area contributed by atoms with Gasteiger partial charge in [-0.15, -0.1) is 0 Å². The predicted molar refractivity (Wildman–Crippen MR) is 70.7 cm³/mol. The molecule has 0 aliphatic carbocycles. The third-order valence-electron chi connectivity index (χ3n) is 2.85. The van der Waals surface area contributed by atoms with Crippen molar-refractivity contribution in [3.63, 3.8) is 0 Å². The molecule has 1 unspecified atom stereocenters. The monoisotopic (exact) mass is 262 g/mol. The van der Waals surface area contributed by atoms with E-state index in [4.69, 9.17) is 0 Å². The van der Waals surface area contributed by atoms with Crippen molar-refractivity contribution in [2.24, 2.45) is 0 Å². The van der Waals surface area contributed by atoms with Crippen molar-refractivity contribution < 1.29 is 8.78 Å². The number of benzene rings is 1. The van der Waals surface area contributed by atoms with E-state index >= 15 is 0 Å². The fourth-order valence-corrected chi connectivity index (χ4v) is 1.90. The molecule has 0 amide bonds. The van der Waals surface area contributed by atoms with Crippen LogP contribution >= 0.6 is 0 Å². The van der Waals surface area contributed by atoms with Gasteiger partial charge in [-0.3, -0.25) is 4.98 Å². The fraction of sp³-hybridized carbons (Fsp3) is 0.267. The summed E-state index contributed by atoms with van der Waals surface area (Å²) in [6, 6.07) is 9.14. The highest BCUT2D eigenvalue weighted by molar-refractivity contribution is 5.28. The Labute approximate surface area is 111 Å². The van der Waals surface area contributed by atoms with E-state index in [2.05, 4.69) is 17.2 Å². The Kier molecular flexibility index (Phi) is 4.58. The molecule has 100 valence electrons. The van der Waals surface area contributed by atoms with Crippen LogP contribution in [0.5, 0.6) is 0 Å². The predicted octanol–water partition coefficient (Wildman–Crippen LogP) is 3.45. The highest BCUT2D eigenvalue weighted by Crippen LogP contribution is 2.20. The average molecular weight is 262 g/mol. The summed E-state index contributed by atoms with van der Waals surface area (Å²) in [5.41, 5.74) is 1.63. The molecule has 2 rings (SSSR count). The molecular formula is C15H16F2N2. The molecule has 0 spiro atoms. The number of hydrogen-bond donors (Lipinski definition) is 1. The molecule has 0 fully saturated rings. The van der Waals surface area contributed by atoms with Gasteiger partial charge in [0.15, 0.2) is 0 Å². The van der Waals surface area contributed by atoms with E-state index < -0.39 is 0 Å². The van der Waals surface area contributed by atoms with Gasteiger partial charge < -0.3 is 5.32 Å². The summed E-state index contributed by atoms with van der Waals surface area (Å²) in [6.07, 6.45) is 2.17. The van der Waals surface area contributed by atoms with Gasteiger partial charge >= 0.3 is 0 Å². The molecule has 0 saturated heterocycles. The van der Waals surface area contributed by atoms with Crippen molar-refractivity contribution in [1.82, 2.24) is 10.3 Å². The summed E-state index contributed by atoms with van der Waals surface area (Å²) in [6.45, 7) is 2.87. The second-order valence-corrected chi connectivity index (χ2v) is 4.34. The van der Waals surface area contributed by atoms with Crippen molar-refractivity contribution in [3.05, 3.63) is 65.5 Å². The summed E-state index contributed by atoms with van der Waals surface area (Å²) in [5, 5.41) is 3.33. The molecule has 1 heterocycles. The van der Waals surface area contributed by atoms with E-state index in [9.17, 15) is 8.78 Å². The van der Waals surface area contributed by atoms with Crippen LogP contribution in [-0.4, -0.2) is 11.5 Å². The number of hydrogen-bond acceptors (Lipinski definition) is 2. The number of rotatable bonds is 5. The Morgan fingerprint density at radius 1 is 1.05 bits per heavy atom. The van der Waals surface area contributed by atoms with Gasteiger partial charge in [-0.25, -0.2) is 8.78 Å². The van der Waals surface area contributed by atoms with Crippen LogP contribution in [0.15, 0.2) is 42.6 Å². The maximum absolute atomic E-state index is 13.0. The molecule has 1 aromatic carbocycles. The van der Waals surface area contributed by atoms with E-state index in [1.54, 1.807) is 18.2 Å². The molecule has 4 heteroatoms. The zero-order valence-electron chi connectivity index (χ0n) is 10.7. The average Bonchev–Trinajstić information content (AvgIpc) is 2.43. The fourth-order valence-electron chi connectivity index (χ4n) is 1.90. The molecule has 0 saturated carbocycles. The standard InChI is InChI=1S/C15H16F2N2/c1-2-9-18-15(11-3-5-12(16)6-4-11)14-8-7-13(17)10-19-14/h3-8,10,15,18H,2,9H2,1H3. The summed E-state index contributed by atoms with van der Waals surface area (Å²) in [5.74, 6) is -0.637. The first-order valence-electron chi connectivity index (χ1n) is 6.31. The van der Waals surface area contributed by atoms with E-state index in [0.29, 0.717) is 0 Å². The van der Waals surface area contributed by atoms with Crippen LogP contribution in [0.3, 0.4) is 0 Å². The molecule has 0 aliphatic rings. The number of nitrogens with one attached hydrogen (secondary N) is 1. The largest absolute Gasteiger partial charge is 0.305 e. The van der Waals surface area contributed by atoms with Crippen molar-refractivity contribution in [3.8, 4) is 0 Å². The first-order valence-corrected chi connectivity index (χ1v) is 6.31. The van der Waals surface area contributed by atoms with Crippen LogP contribution in [0.1, 0.15) is 30.6 Å². The minimum Gasteiger partial charge on any atom is -0.305 e. The van der Waals surface area contributed by atoms with Gasteiger partial charge in [0.1, 0.15) is 11.6 Å². The highest BCUT2D eigenvalue weighted by atomic mass is 19.1. The highest BCUT2D eigenvalue weighted by Gasteiger charge is 2.14. The lowest BCUT2D eigenvalue weighted by Gasteiger charge is -2.18. The molecule has 0 radical (unpaired) electrons. The zero-order valence-corrected chi connectivity index (χ0v) is 10.7. The van der Waals surface area contributed by atoms with Crippen molar-refractivity contribution >= 4 is 0 Å². The van der Waals surface area contributed by atoms with Crippen LogP contribution in [0.2, 0.25) is 0 Å². The van der Waals surface area contributed by atoms with Gasteiger partial charge in [0.05, 0.1) is 17.9 Å². The number of nitrogens with zero attached hydrogens (tertiary/aromatic N) is 1. The van der Waals surface area contributed by atoms with Gasteiger partial charge in [0.2, 0.25) is 0 Å². The normalized spacial score (nSPS) is 12.4. The molecule has 2 nitrogen and oxygen atoms in total. The third-order valence-corrected chi connectivity index (χ3v) is 2.85. The Hall–Kier alpha value is -1.81. The minimum absolute atomic E-state index is 0.152. The van der Waals surface area contributed by atoms with E-state index in [0.717, 1.165) is 24.2 Å². The van der Waals surface area contributed by atoms with Crippen molar-refractivity contribution in [2.45, 2.75) is 19.4 Å². The Morgan fingerprint density at radius 2 is 1.74 bits per heavy atom. The lowest BCUT2D eigenvalue weighted by atomic mass is 10.0. The molecule has 19 heavy (non-hydrogen) atoms. The third kappa shape index (κ3) is 3.58. The summed E-state index contributed by atoms with van der Waals surface area (Å²) in [7, 11) is 0. The molecule has 1 aromatic heterocycles. The van der Waals surface area contributed by atoms with Gasteiger partial charge in [-0.1, -0.05) is 19.1 Å². The van der Waals surface area contributed by atoms with E-state index in [1.807, 2.05) is 0 Å². The molecule has 1 atom stereocenters. The summed E-state index contributed by atoms with van der Waals surface area (Å²) < 4.78 is 25.9. The topological polar surface area (TPSA) is 24.9 Å². The van der Waals surface area contributed by atoms with Crippen molar-refractivity contribution in [1.29, 1.82) is 0 Å². The minimum atomic E-state index is -0.364. The summed E-state index contributed by atoms with van der Waals surface area (Å²) in [4.78, 5) is 4.10. The van der Waals surface area contributed by atoms with E-state index in [1.165, 1.54) is 24.4 Å². The second kappa shape index (κ2) is 6.38. The SMILES string of the molecule is CCCNC(c1ccc(F)cc1)c1ccc(F)cn1. The van der Waals surface area contributed by atoms with Crippen molar-refractivity contribution in [2.75, 3.05) is 6.54 Å². The maximum Gasteiger partial charge on any atom is 0.141 e. The number of halogens is 2. The maximum atomic E-state index is 13.0. The van der Waals surface area contributed by atoms with Gasteiger partial charge in [0, 0.05) is 0 Å². The first kappa shape index (κ1) is 13.6. The van der Waals surface area contributed by atoms with Gasteiger partial charge in [0.25, 0.3) is 0 Å². The Morgan fingerprint density at radius 3 is 2.32 bits per heavy atom. The smallest absolute Gasteiger partial charge is 0.141 e. The molecule has 2 aromatic rings. The van der Waals surface area contributed by atoms with Crippen LogP contribution in [0.4, 0.5) is 8.78 Å². The van der Waals surface area contributed by atoms with Crippen LogP contribution in [0, 0.1) is 11.6 Å². The van der Waals surface area contributed by atoms with Gasteiger partial charge in [-0.05, 0) is 42.8 Å². The van der Waals surface area contributed by atoms with Crippen LogP contribution in [0.25, 0.3) is 0 Å². The van der Waals surface area contributed by atoms with E-state index in [-0.39, 0.29) is 17.7 Å². The zero-order chi connectivity index (χ0) is 13.7. The molecular weight excluding hydrogens is 246 g/mol. The number of pyridine rings is 1. The Balaban J connectivity index is 2.29. The second-order valence-electron chi connectivity index (χ2n) is 4.34.